The van der Waals surface area contributed by atoms with Gasteiger partial charge >= 0.3 is 0 Å². The van der Waals surface area contributed by atoms with Crippen LogP contribution in [0.25, 0.3) is 16.6 Å². The molecule has 0 fully saturated rings. The number of rotatable bonds is 8. The Balaban J connectivity index is 2.21. The number of aromatic nitrogens is 3. The second-order valence-corrected chi connectivity index (χ2v) is 5.07. The second kappa shape index (κ2) is 7.93. The number of hydrogen-bond donors (Lipinski definition) is 3. The lowest BCUT2D eigenvalue weighted by atomic mass is 10.1. The zero-order valence-corrected chi connectivity index (χ0v) is 12.6. The van der Waals surface area contributed by atoms with Crippen LogP contribution in [0.3, 0.4) is 0 Å². The summed E-state index contributed by atoms with van der Waals surface area (Å²) in [6, 6.07) is 4.20. The average Bonchev–Trinajstić information content (AvgIpc) is 3.02. The fourth-order valence-corrected chi connectivity index (χ4v) is 2.29. The summed E-state index contributed by atoms with van der Waals surface area (Å²) < 4.78 is 0. The van der Waals surface area contributed by atoms with E-state index in [1.54, 1.807) is 12.4 Å². The summed E-state index contributed by atoms with van der Waals surface area (Å²) >= 11 is 0. The van der Waals surface area contributed by atoms with Crippen molar-refractivity contribution in [3.63, 3.8) is 0 Å². The average molecular weight is 296 g/mol. The van der Waals surface area contributed by atoms with Crippen molar-refractivity contribution in [2.45, 2.75) is 38.6 Å². The van der Waals surface area contributed by atoms with Gasteiger partial charge in [-0.3, -0.25) is 0 Å². The summed E-state index contributed by atoms with van der Waals surface area (Å²) in [5, 5.41) is 20.7. The number of nitrogens with zero attached hydrogens (tertiary/aromatic N) is 3. The lowest BCUT2D eigenvalue weighted by Crippen LogP contribution is -2.24. The Morgan fingerprint density at radius 2 is 2.41 bits per heavy atom. The Labute approximate surface area is 129 Å². The molecule has 0 saturated carbocycles. The molecule has 0 aliphatic carbocycles. The van der Waals surface area contributed by atoms with Crippen LogP contribution in [0.1, 0.15) is 38.3 Å². The van der Waals surface area contributed by atoms with E-state index in [0.717, 1.165) is 30.3 Å². The summed E-state index contributed by atoms with van der Waals surface area (Å²) in [5.74, 6) is 0. The molecule has 0 bridgehead atoms. The van der Waals surface area contributed by atoms with Crippen molar-refractivity contribution in [3.8, 4) is 6.07 Å². The molecule has 0 spiro atoms. The van der Waals surface area contributed by atoms with Crippen LogP contribution in [-0.4, -0.2) is 27.2 Å². The Hall–Kier alpha value is -2.68. The predicted octanol–water partition coefficient (Wildman–Crippen LogP) is 3.01. The fraction of sp³-hybridized carbons (Fsp3) is 0.375. The summed E-state index contributed by atoms with van der Waals surface area (Å²) in [6.07, 6.45) is 9.89. The van der Waals surface area contributed by atoms with Gasteiger partial charge in [0.25, 0.3) is 0 Å². The van der Waals surface area contributed by atoms with E-state index in [1.165, 1.54) is 12.5 Å². The smallest absolute Gasteiger partial charge is 0.141 e. The summed E-state index contributed by atoms with van der Waals surface area (Å²) in [6.45, 7) is 2.13. The van der Waals surface area contributed by atoms with Crippen molar-refractivity contribution >= 4 is 22.8 Å². The van der Waals surface area contributed by atoms with Crippen LogP contribution >= 0.6 is 0 Å². The van der Waals surface area contributed by atoms with Crippen molar-refractivity contribution in [2.75, 3.05) is 0 Å². The van der Waals surface area contributed by atoms with Gasteiger partial charge in [0, 0.05) is 35.6 Å². The molecule has 2 aromatic rings. The third-order valence-electron chi connectivity index (χ3n) is 3.50. The molecular formula is C16H20N6. The minimum Gasteiger partial charge on any atom is -0.387 e. The number of aromatic amines is 1. The largest absolute Gasteiger partial charge is 0.387 e. The highest BCUT2D eigenvalue weighted by Gasteiger charge is 2.10. The molecule has 2 rings (SSSR count). The molecule has 6 heteroatoms. The zero-order chi connectivity index (χ0) is 15.8. The molecule has 3 N–H and O–H groups in total. The van der Waals surface area contributed by atoms with Gasteiger partial charge in [0.2, 0.25) is 0 Å². The number of allylic oxidation sites excluding steroid dienone is 1. The highest BCUT2D eigenvalue weighted by molar-refractivity contribution is 6.11. The number of H-pyrrole nitrogens is 1. The van der Waals surface area contributed by atoms with Crippen LogP contribution in [-0.2, 0) is 0 Å². The van der Waals surface area contributed by atoms with Gasteiger partial charge in [0.05, 0.1) is 18.2 Å². The predicted molar refractivity (Wildman–Crippen MR) is 87.3 cm³/mol. The molecular weight excluding hydrogens is 276 g/mol. The molecule has 22 heavy (non-hydrogen) atoms. The van der Waals surface area contributed by atoms with Crippen LogP contribution in [0.15, 0.2) is 24.8 Å². The van der Waals surface area contributed by atoms with Gasteiger partial charge in [-0.1, -0.05) is 19.8 Å². The molecule has 1 atom stereocenters. The molecule has 0 aliphatic rings. The maximum atomic E-state index is 8.91. The lowest BCUT2D eigenvalue weighted by molar-refractivity contribution is 0.526. The second-order valence-electron chi connectivity index (χ2n) is 5.07. The quantitative estimate of drug-likeness (QED) is 0.652. The maximum Gasteiger partial charge on any atom is 0.141 e. The Kier molecular flexibility index (Phi) is 5.66. The van der Waals surface area contributed by atoms with Crippen molar-refractivity contribution in [1.82, 2.24) is 20.3 Å². The topological polar surface area (TPSA) is 101 Å². The van der Waals surface area contributed by atoms with Crippen LogP contribution < -0.4 is 5.32 Å². The molecule has 114 valence electrons. The summed E-state index contributed by atoms with van der Waals surface area (Å²) in [7, 11) is 0. The highest BCUT2D eigenvalue weighted by Crippen LogP contribution is 2.19. The molecule has 0 aliphatic heterocycles. The van der Waals surface area contributed by atoms with Gasteiger partial charge in [0.15, 0.2) is 0 Å². The van der Waals surface area contributed by atoms with Crippen LogP contribution in [0.5, 0.6) is 0 Å². The Morgan fingerprint density at radius 3 is 3.14 bits per heavy atom. The van der Waals surface area contributed by atoms with E-state index in [2.05, 4.69) is 33.3 Å². The minimum atomic E-state index is 0.100. The first-order chi connectivity index (χ1) is 10.8. The normalized spacial score (nSPS) is 12.8. The van der Waals surface area contributed by atoms with Gasteiger partial charge in [-0.2, -0.15) is 5.26 Å². The number of nitrogens with one attached hydrogen (secondary N) is 3. The highest BCUT2D eigenvalue weighted by atomic mass is 14.9. The molecule has 2 heterocycles. The zero-order valence-electron chi connectivity index (χ0n) is 12.6. The molecule has 0 saturated heterocycles. The molecule has 0 aromatic carbocycles. The van der Waals surface area contributed by atoms with E-state index < -0.39 is 0 Å². The molecule has 0 radical (unpaired) electrons. The van der Waals surface area contributed by atoms with E-state index in [0.29, 0.717) is 17.7 Å². The summed E-state index contributed by atoms with van der Waals surface area (Å²) in [5.41, 5.74) is 2.13. The minimum absolute atomic E-state index is 0.100. The number of nitriles is 1. The number of fused-ring (bicyclic) bond motifs is 1. The van der Waals surface area contributed by atoms with E-state index >= 15 is 0 Å². The first kappa shape index (κ1) is 15.7. The van der Waals surface area contributed by atoms with Gasteiger partial charge < -0.3 is 15.7 Å². The van der Waals surface area contributed by atoms with Gasteiger partial charge in [0.1, 0.15) is 12.0 Å². The lowest BCUT2D eigenvalue weighted by Gasteiger charge is -2.14. The van der Waals surface area contributed by atoms with Crippen molar-refractivity contribution in [3.05, 3.63) is 30.5 Å². The van der Waals surface area contributed by atoms with Crippen LogP contribution in [0.4, 0.5) is 0 Å². The molecule has 6 nitrogen and oxygen atoms in total. The van der Waals surface area contributed by atoms with Crippen LogP contribution in [0, 0.1) is 16.7 Å². The van der Waals surface area contributed by atoms with Crippen molar-refractivity contribution in [1.29, 1.82) is 10.7 Å². The fourth-order valence-electron chi connectivity index (χ4n) is 2.29. The first-order valence-corrected chi connectivity index (χ1v) is 7.42. The first-order valence-electron chi connectivity index (χ1n) is 7.42. The summed E-state index contributed by atoms with van der Waals surface area (Å²) in [4.78, 5) is 11.5. The third kappa shape index (κ3) is 3.70. The van der Waals surface area contributed by atoms with E-state index in [-0.39, 0.29) is 6.04 Å². The third-order valence-corrected chi connectivity index (χ3v) is 3.50. The van der Waals surface area contributed by atoms with Crippen molar-refractivity contribution < 1.29 is 0 Å². The van der Waals surface area contributed by atoms with E-state index in [1.807, 2.05) is 6.07 Å². The Morgan fingerprint density at radius 1 is 1.55 bits per heavy atom. The van der Waals surface area contributed by atoms with Crippen molar-refractivity contribution in [2.24, 2.45) is 0 Å². The maximum absolute atomic E-state index is 8.91. The van der Waals surface area contributed by atoms with E-state index in [9.17, 15) is 0 Å². The van der Waals surface area contributed by atoms with Gasteiger partial charge in [-0.05, 0) is 12.5 Å². The standard InChI is InChI=1S/C16H20N6/c1-2-3-4-13(5-7-17)20-10-12(9-18)15-14-6-8-19-16(14)22-11-21-15/h6,8-11,13,18,20H,2-5H2,1H3,(H,19,21,22)/b12-10+,18-9?. The van der Waals surface area contributed by atoms with E-state index in [4.69, 9.17) is 10.7 Å². The molecule has 2 aromatic heterocycles. The van der Waals surface area contributed by atoms with Gasteiger partial charge in [-0.15, -0.1) is 0 Å². The Bertz CT molecular complexity index is 694. The number of hydrogen-bond acceptors (Lipinski definition) is 5. The molecule has 0 amide bonds. The van der Waals surface area contributed by atoms with Crippen LogP contribution in [0.2, 0.25) is 0 Å². The monoisotopic (exact) mass is 296 g/mol. The van der Waals surface area contributed by atoms with Gasteiger partial charge in [-0.25, -0.2) is 9.97 Å². The molecule has 1 unspecified atom stereocenters. The number of unbranched alkanes of at least 4 members (excludes halogenated alkanes) is 1. The SMILES string of the molecule is CCCCC(CC#N)N/C=C(\C=N)c1ncnc2[nH]ccc12.